The maximum atomic E-state index is 10.7. The number of aliphatic hydroxyl groups is 1. The molecule has 0 saturated carbocycles. The molecule has 2 fully saturated rings. The van der Waals surface area contributed by atoms with Crippen LogP contribution in [-0.2, 0) is 10.2 Å². The molecule has 4 unspecified atom stereocenters. The van der Waals surface area contributed by atoms with Gasteiger partial charge in [0.2, 0.25) is 0 Å². The number of nitrogens with zero attached hydrogens (tertiary/aromatic N) is 2. The van der Waals surface area contributed by atoms with E-state index in [2.05, 4.69) is 31.8 Å². The molecule has 1 N–H and O–H groups in total. The van der Waals surface area contributed by atoms with Crippen LogP contribution in [0.5, 0.6) is 0 Å². The molecule has 0 radical (unpaired) electrons. The van der Waals surface area contributed by atoms with E-state index >= 15 is 0 Å². The van der Waals surface area contributed by atoms with Crippen molar-refractivity contribution in [3.63, 3.8) is 0 Å². The summed E-state index contributed by atoms with van der Waals surface area (Å²) < 4.78 is 5.79. The monoisotopic (exact) mass is 292 g/mol. The molecule has 108 valence electrons. The zero-order chi connectivity index (χ0) is 14.5. The Balaban J connectivity index is 1.90. The molecule has 0 aromatic carbocycles. The number of hydrogen-bond donors (Lipinski definition) is 1. The van der Waals surface area contributed by atoms with E-state index in [0.29, 0.717) is 12.1 Å². The van der Waals surface area contributed by atoms with E-state index in [1.165, 1.54) is 0 Å². The van der Waals surface area contributed by atoms with Crippen LogP contribution in [0, 0.1) is 16.7 Å². The van der Waals surface area contributed by atoms with Crippen LogP contribution in [0.15, 0.2) is 5.38 Å². The molecule has 3 heterocycles. The normalized spacial score (nSPS) is 34.1. The molecule has 1 aromatic rings. The van der Waals surface area contributed by atoms with Crippen molar-refractivity contribution in [1.82, 2.24) is 4.98 Å². The summed E-state index contributed by atoms with van der Waals surface area (Å²) in [5, 5.41) is 23.2. The number of aromatic nitrogens is 1. The Hall–Kier alpha value is -0.960. The van der Waals surface area contributed by atoms with Crippen LogP contribution in [-0.4, -0.2) is 22.3 Å². The molecule has 0 aliphatic carbocycles. The number of thiazole rings is 1. The fourth-order valence-electron chi connectivity index (χ4n) is 3.23. The Morgan fingerprint density at radius 3 is 2.75 bits per heavy atom. The Kier molecular flexibility index (Phi) is 3.16. The van der Waals surface area contributed by atoms with Crippen LogP contribution in [0.4, 0.5) is 0 Å². The van der Waals surface area contributed by atoms with Gasteiger partial charge >= 0.3 is 0 Å². The van der Waals surface area contributed by atoms with Crippen molar-refractivity contribution >= 4 is 11.3 Å². The third kappa shape index (κ3) is 1.98. The summed E-state index contributed by atoms with van der Waals surface area (Å²) in [7, 11) is 0. The Labute approximate surface area is 123 Å². The average Bonchev–Trinajstić information content (AvgIpc) is 3.11. The lowest BCUT2D eigenvalue weighted by molar-refractivity contribution is 0.00143. The molecule has 2 aliphatic rings. The Bertz CT molecular complexity index is 557. The number of ether oxygens (including phenoxy) is 1. The van der Waals surface area contributed by atoms with Crippen molar-refractivity contribution in [1.29, 1.82) is 5.26 Å². The fourth-order valence-corrected chi connectivity index (χ4v) is 4.16. The van der Waals surface area contributed by atoms with Gasteiger partial charge in [-0.2, -0.15) is 5.26 Å². The summed E-state index contributed by atoms with van der Waals surface area (Å²) in [6.07, 6.45) is 1.63. The molecule has 0 amide bonds. The molecule has 5 heteroatoms. The van der Waals surface area contributed by atoms with Gasteiger partial charge in [-0.05, 0) is 19.3 Å². The number of aliphatic hydroxyl groups excluding tert-OH is 1. The standard InChI is InChI=1S/C15H20N2O2S/c1-14(2,3)13-17-10(7-20-13)12(18)15(8-16)6-9-4-5-11(15)19-9/h7,9,11-12,18H,4-6H2,1-3H3. The smallest absolute Gasteiger partial charge is 0.118 e. The largest absolute Gasteiger partial charge is 0.385 e. The second-order valence-electron chi connectivity index (χ2n) is 6.91. The van der Waals surface area contributed by atoms with Gasteiger partial charge in [0.1, 0.15) is 11.5 Å². The van der Waals surface area contributed by atoms with Crippen molar-refractivity contribution in [3.05, 3.63) is 16.1 Å². The maximum absolute atomic E-state index is 10.7. The van der Waals surface area contributed by atoms with Gasteiger partial charge in [0.15, 0.2) is 0 Å². The summed E-state index contributed by atoms with van der Waals surface area (Å²) in [6, 6.07) is 2.34. The lowest BCUT2D eigenvalue weighted by Gasteiger charge is -2.32. The predicted molar refractivity (Wildman–Crippen MR) is 76.3 cm³/mol. The first-order valence-electron chi connectivity index (χ1n) is 7.07. The molecule has 3 rings (SSSR count). The third-order valence-corrected chi connectivity index (χ3v) is 5.67. The van der Waals surface area contributed by atoms with Crippen LogP contribution in [0.1, 0.15) is 56.8 Å². The molecule has 2 aliphatic heterocycles. The minimum atomic E-state index is -0.852. The van der Waals surface area contributed by atoms with Gasteiger partial charge in [0, 0.05) is 10.8 Å². The lowest BCUT2D eigenvalue weighted by Crippen LogP contribution is -2.37. The van der Waals surface area contributed by atoms with Crippen LogP contribution in [0.25, 0.3) is 0 Å². The van der Waals surface area contributed by atoms with Crippen LogP contribution < -0.4 is 0 Å². The number of rotatable bonds is 2. The van der Waals surface area contributed by atoms with Crippen LogP contribution in [0.3, 0.4) is 0 Å². The van der Waals surface area contributed by atoms with E-state index in [1.54, 1.807) is 11.3 Å². The summed E-state index contributed by atoms with van der Waals surface area (Å²) in [6.45, 7) is 6.30. The minimum absolute atomic E-state index is 0.0341. The maximum Gasteiger partial charge on any atom is 0.118 e. The SMILES string of the molecule is CC(C)(C)c1nc(C(O)C2(C#N)CC3CCC2O3)cs1. The summed E-state index contributed by atoms with van der Waals surface area (Å²) in [4.78, 5) is 4.56. The Morgan fingerprint density at radius 1 is 1.55 bits per heavy atom. The highest BCUT2D eigenvalue weighted by molar-refractivity contribution is 7.09. The first-order chi connectivity index (χ1) is 9.37. The third-order valence-electron chi connectivity index (χ3n) is 4.39. The van der Waals surface area contributed by atoms with Crippen molar-refractivity contribution < 1.29 is 9.84 Å². The van der Waals surface area contributed by atoms with Gasteiger partial charge in [0.25, 0.3) is 0 Å². The van der Waals surface area contributed by atoms with Crippen molar-refractivity contribution in [3.8, 4) is 6.07 Å². The molecule has 0 spiro atoms. The molecule has 20 heavy (non-hydrogen) atoms. The summed E-state index contributed by atoms with van der Waals surface area (Å²) >= 11 is 1.55. The van der Waals surface area contributed by atoms with Gasteiger partial charge in [-0.3, -0.25) is 0 Å². The molecule has 4 nitrogen and oxygen atoms in total. The first kappa shape index (κ1) is 14.0. The highest BCUT2D eigenvalue weighted by Gasteiger charge is 2.57. The van der Waals surface area contributed by atoms with Gasteiger partial charge in [-0.1, -0.05) is 20.8 Å². The van der Waals surface area contributed by atoms with Crippen LogP contribution >= 0.6 is 11.3 Å². The van der Waals surface area contributed by atoms with Gasteiger partial charge in [0.05, 0.1) is 29.0 Å². The number of fused-ring (bicyclic) bond motifs is 2. The minimum Gasteiger partial charge on any atom is -0.385 e. The molecule has 2 saturated heterocycles. The molecular formula is C15H20N2O2S. The van der Waals surface area contributed by atoms with E-state index in [-0.39, 0.29) is 17.6 Å². The van der Waals surface area contributed by atoms with Crippen LogP contribution in [0.2, 0.25) is 0 Å². The number of nitriles is 1. The van der Waals surface area contributed by atoms with E-state index < -0.39 is 11.5 Å². The number of hydrogen-bond acceptors (Lipinski definition) is 5. The van der Waals surface area contributed by atoms with Crippen molar-refractivity contribution in [2.75, 3.05) is 0 Å². The van der Waals surface area contributed by atoms with E-state index in [9.17, 15) is 10.4 Å². The van der Waals surface area contributed by atoms with E-state index in [4.69, 9.17) is 4.74 Å². The van der Waals surface area contributed by atoms with Gasteiger partial charge in [-0.25, -0.2) is 4.98 Å². The second-order valence-corrected chi connectivity index (χ2v) is 7.77. The van der Waals surface area contributed by atoms with Crippen molar-refractivity contribution in [2.24, 2.45) is 5.41 Å². The summed E-state index contributed by atoms with van der Waals surface area (Å²) in [5.74, 6) is 0. The van der Waals surface area contributed by atoms with E-state index in [1.807, 2.05) is 5.38 Å². The molecule has 2 bridgehead atoms. The molecule has 1 aromatic heterocycles. The zero-order valence-corrected chi connectivity index (χ0v) is 12.9. The summed E-state index contributed by atoms with van der Waals surface area (Å²) in [5.41, 5.74) is -0.225. The van der Waals surface area contributed by atoms with Crippen molar-refractivity contribution in [2.45, 2.75) is 63.8 Å². The highest BCUT2D eigenvalue weighted by Crippen LogP contribution is 2.54. The predicted octanol–water partition coefficient (Wildman–Crippen LogP) is 2.94. The molecular weight excluding hydrogens is 272 g/mol. The Morgan fingerprint density at radius 2 is 2.30 bits per heavy atom. The fraction of sp³-hybridized carbons (Fsp3) is 0.733. The molecule has 4 atom stereocenters. The van der Waals surface area contributed by atoms with E-state index in [0.717, 1.165) is 17.8 Å². The van der Waals surface area contributed by atoms with Gasteiger partial charge in [-0.15, -0.1) is 11.3 Å². The van der Waals surface area contributed by atoms with Gasteiger partial charge < -0.3 is 9.84 Å². The second kappa shape index (κ2) is 4.52. The lowest BCUT2D eigenvalue weighted by atomic mass is 9.70. The topological polar surface area (TPSA) is 66.1 Å². The quantitative estimate of drug-likeness (QED) is 0.910. The highest BCUT2D eigenvalue weighted by atomic mass is 32.1. The first-order valence-corrected chi connectivity index (χ1v) is 7.95. The zero-order valence-electron chi connectivity index (χ0n) is 12.1. The average molecular weight is 292 g/mol.